The third-order valence-corrected chi connectivity index (χ3v) is 3.93. The molecule has 0 saturated heterocycles. The van der Waals surface area contributed by atoms with Gasteiger partial charge in [-0.15, -0.1) is 11.6 Å². The van der Waals surface area contributed by atoms with E-state index < -0.39 is 6.09 Å². The van der Waals surface area contributed by atoms with Gasteiger partial charge >= 0.3 is 6.09 Å². The zero-order valence-corrected chi connectivity index (χ0v) is 14.5. The maximum atomic E-state index is 11.7. The Bertz CT molecular complexity index is 626. The minimum Gasteiger partial charge on any atom is -0.497 e. The van der Waals surface area contributed by atoms with E-state index in [2.05, 4.69) is 17.4 Å². The van der Waals surface area contributed by atoms with Crippen molar-refractivity contribution in [2.75, 3.05) is 13.7 Å². The number of benzene rings is 2. The number of nitrogens with one attached hydrogen (secondary N) is 1. The van der Waals surface area contributed by atoms with Crippen molar-refractivity contribution in [3.05, 3.63) is 65.2 Å². The number of alkyl carbamates (subject to hydrolysis) is 1. The summed E-state index contributed by atoms with van der Waals surface area (Å²) < 4.78 is 10.3. The molecule has 24 heavy (non-hydrogen) atoms. The predicted molar refractivity (Wildman–Crippen MR) is 95.5 cm³/mol. The Morgan fingerprint density at radius 1 is 1.00 bits per heavy atom. The second-order valence-electron chi connectivity index (χ2n) is 5.40. The fourth-order valence-corrected chi connectivity index (χ4v) is 2.38. The molecule has 2 rings (SSSR count). The molecular weight excluding hydrogens is 326 g/mol. The molecule has 1 amide bonds. The first kappa shape index (κ1) is 18.1. The third kappa shape index (κ3) is 6.13. The number of hydrogen-bond donors (Lipinski definition) is 1. The molecule has 0 radical (unpaired) electrons. The molecular formula is C19H22ClNO3. The van der Waals surface area contributed by atoms with Gasteiger partial charge in [-0.1, -0.05) is 36.4 Å². The van der Waals surface area contributed by atoms with Crippen molar-refractivity contribution in [2.45, 2.75) is 25.3 Å². The SMILES string of the molecule is COc1ccc(COC(=O)NCCCc2ccc(CCl)cc2)cc1. The number of ether oxygens (including phenoxy) is 2. The summed E-state index contributed by atoms with van der Waals surface area (Å²) in [6.45, 7) is 0.828. The quantitative estimate of drug-likeness (QED) is 0.572. The van der Waals surface area contributed by atoms with Gasteiger partial charge in [0, 0.05) is 12.4 Å². The zero-order chi connectivity index (χ0) is 17.2. The van der Waals surface area contributed by atoms with Crippen molar-refractivity contribution in [1.29, 1.82) is 0 Å². The number of carbonyl (C=O) groups is 1. The van der Waals surface area contributed by atoms with E-state index in [1.54, 1.807) is 7.11 Å². The van der Waals surface area contributed by atoms with E-state index in [1.807, 2.05) is 36.4 Å². The fourth-order valence-electron chi connectivity index (χ4n) is 2.20. The van der Waals surface area contributed by atoms with Crippen molar-refractivity contribution in [3.63, 3.8) is 0 Å². The van der Waals surface area contributed by atoms with Gasteiger partial charge in [-0.2, -0.15) is 0 Å². The van der Waals surface area contributed by atoms with E-state index in [-0.39, 0.29) is 6.61 Å². The van der Waals surface area contributed by atoms with Crippen LogP contribution in [0.2, 0.25) is 0 Å². The van der Waals surface area contributed by atoms with Crippen LogP contribution in [0.25, 0.3) is 0 Å². The van der Waals surface area contributed by atoms with Gasteiger partial charge in [-0.25, -0.2) is 4.79 Å². The Hall–Kier alpha value is -2.20. The topological polar surface area (TPSA) is 47.6 Å². The molecule has 0 spiro atoms. The first-order valence-corrected chi connectivity index (χ1v) is 8.42. The molecule has 0 aliphatic rings. The number of halogens is 1. The lowest BCUT2D eigenvalue weighted by atomic mass is 10.1. The lowest BCUT2D eigenvalue weighted by Gasteiger charge is -2.08. The maximum Gasteiger partial charge on any atom is 0.407 e. The van der Waals surface area contributed by atoms with Gasteiger partial charge in [0.2, 0.25) is 0 Å². The van der Waals surface area contributed by atoms with Gasteiger partial charge in [-0.05, 0) is 41.7 Å². The van der Waals surface area contributed by atoms with Gasteiger partial charge in [0.05, 0.1) is 7.11 Å². The molecule has 4 nitrogen and oxygen atoms in total. The standard InChI is InChI=1S/C19H22ClNO3/c1-23-18-10-8-17(9-11-18)14-24-19(22)21-12-2-3-15-4-6-16(13-20)7-5-15/h4-11H,2-3,12-14H2,1H3,(H,21,22). The lowest BCUT2D eigenvalue weighted by Crippen LogP contribution is -2.25. The maximum absolute atomic E-state index is 11.7. The number of amides is 1. The van der Waals surface area contributed by atoms with Crippen molar-refractivity contribution in [3.8, 4) is 5.75 Å². The number of alkyl halides is 1. The number of hydrogen-bond acceptors (Lipinski definition) is 3. The van der Waals surface area contributed by atoms with E-state index >= 15 is 0 Å². The minimum atomic E-state index is -0.400. The Morgan fingerprint density at radius 3 is 2.25 bits per heavy atom. The van der Waals surface area contributed by atoms with Gasteiger partial charge in [0.25, 0.3) is 0 Å². The van der Waals surface area contributed by atoms with E-state index in [9.17, 15) is 4.79 Å². The largest absolute Gasteiger partial charge is 0.497 e. The Balaban J connectivity index is 1.62. The first-order chi connectivity index (χ1) is 11.7. The molecule has 0 heterocycles. The molecule has 0 atom stereocenters. The molecule has 2 aromatic carbocycles. The van der Waals surface area contributed by atoms with E-state index in [0.29, 0.717) is 12.4 Å². The average Bonchev–Trinajstić information content (AvgIpc) is 2.64. The summed E-state index contributed by atoms with van der Waals surface area (Å²) in [5.41, 5.74) is 3.27. The summed E-state index contributed by atoms with van der Waals surface area (Å²) in [7, 11) is 1.62. The smallest absolute Gasteiger partial charge is 0.407 e. The first-order valence-electron chi connectivity index (χ1n) is 7.88. The second-order valence-corrected chi connectivity index (χ2v) is 5.67. The van der Waals surface area contributed by atoms with Crippen LogP contribution in [0, 0.1) is 0 Å². The molecule has 128 valence electrons. The number of rotatable bonds is 8. The van der Waals surface area contributed by atoms with Gasteiger partial charge in [-0.3, -0.25) is 0 Å². The van der Waals surface area contributed by atoms with Gasteiger partial charge in [0.15, 0.2) is 0 Å². The van der Waals surface area contributed by atoms with Crippen molar-refractivity contribution in [1.82, 2.24) is 5.32 Å². The molecule has 0 saturated carbocycles. The van der Waals surface area contributed by atoms with Crippen LogP contribution in [0.5, 0.6) is 5.75 Å². The summed E-state index contributed by atoms with van der Waals surface area (Å²) in [5.74, 6) is 1.31. The third-order valence-electron chi connectivity index (χ3n) is 3.62. The van der Waals surface area contributed by atoms with Crippen molar-refractivity contribution < 1.29 is 14.3 Å². The summed E-state index contributed by atoms with van der Waals surface area (Å²) in [5, 5.41) is 2.76. The molecule has 0 bridgehead atoms. The number of methoxy groups -OCH3 is 1. The molecule has 5 heteroatoms. The minimum absolute atomic E-state index is 0.246. The van der Waals surface area contributed by atoms with Crippen molar-refractivity contribution >= 4 is 17.7 Å². The lowest BCUT2D eigenvalue weighted by molar-refractivity contribution is 0.139. The molecule has 0 fully saturated rings. The fraction of sp³-hybridized carbons (Fsp3) is 0.316. The van der Waals surface area contributed by atoms with Crippen LogP contribution >= 0.6 is 11.6 Å². The zero-order valence-electron chi connectivity index (χ0n) is 13.8. The molecule has 2 aromatic rings. The second kappa shape index (κ2) is 9.83. The monoisotopic (exact) mass is 347 g/mol. The van der Waals surface area contributed by atoms with Crippen LogP contribution in [0.1, 0.15) is 23.1 Å². The highest BCUT2D eigenvalue weighted by atomic mass is 35.5. The van der Waals surface area contributed by atoms with Crippen LogP contribution in [0.4, 0.5) is 4.79 Å². The highest BCUT2D eigenvalue weighted by Gasteiger charge is 2.03. The Morgan fingerprint density at radius 2 is 1.62 bits per heavy atom. The predicted octanol–water partition coefficient (Wildman–Crippen LogP) is 4.29. The van der Waals surface area contributed by atoms with Crippen LogP contribution in [0.3, 0.4) is 0 Å². The molecule has 1 N–H and O–H groups in total. The average molecular weight is 348 g/mol. The highest BCUT2D eigenvalue weighted by Crippen LogP contribution is 2.12. The van der Waals surface area contributed by atoms with Gasteiger partial charge < -0.3 is 14.8 Å². The van der Waals surface area contributed by atoms with Crippen LogP contribution in [-0.2, 0) is 23.6 Å². The van der Waals surface area contributed by atoms with Crippen molar-refractivity contribution in [2.24, 2.45) is 0 Å². The summed E-state index contributed by atoms with van der Waals surface area (Å²) >= 11 is 5.76. The van der Waals surface area contributed by atoms with E-state index in [4.69, 9.17) is 21.1 Å². The molecule has 0 aliphatic heterocycles. The van der Waals surface area contributed by atoms with Crippen LogP contribution in [0.15, 0.2) is 48.5 Å². The highest BCUT2D eigenvalue weighted by molar-refractivity contribution is 6.17. The summed E-state index contributed by atoms with van der Waals surface area (Å²) in [4.78, 5) is 11.7. The normalized spacial score (nSPS) is 10.2. The Kier molecular flexibility index (Phi) is 7.43. The van der Waals surface area contributed by atoms with E-state index in [0.717, 1.165) is 29.7 Å². The molecule has 0 unspecified atom stereocenters. The van der Waals surface area contributed by atoms with Gasteiger partial charge in [0.1, 0.15) is 12.4 Å². The Labute approximate surface area is 147 Å². The van der Waals surface area contributed by atoms with E-state index in [1.165, 1.54) is 5.56 Å². The number of carbonyl (C=O) groups excluding carboxylic acids is 1. The summed E-state index contributed by atoms with van der Waals surface area (Å²) in [6, 6.07) is 15.6. The summed E-state index contributed by atoms with van der Waals surface area (Å²) in [6.07, 6.45) is 1.36. The van der Waals surface area contributed by atoms with Crippen LogP contribution < -0.4 is 10.1 Å². The number of aryl methyl sites for hydroxylation is 1. The molecule has 0 aromatic heterocycles. The molecule has 0 aliphatic carbocycles. The van der Waals surface area contributed by atoms with Crippen LogP contribution in [-0.4, -0.2) is 19.7 Å².